The fraction of sp³-hybridized carbons (Fsp3) is 0.660. The first kappa shape index (κ1) is 52.3. The summed E-state index contributed by atoms with van der Waals surface area (Å²) in [6.45, 7) is 3.28. The third-order valence-corrected chi connectivity index (χ3v) is 9.17. The molecule has 0 aliphatic carbocycles. The molecule has 4 N–H and O–H groups in total. The van der Waals surface area contributed by atoms with Crippen molar-refractivity contribution in [2.24, 2.45) is 0 Å². The maximum atomic E-state index is 12.7. The molecule has 0 saturated heterocycles. The molecule has 0 spiro atoms. The van der Waals surface area contributed by atoms with Crippen molar-refractivity contribution in [2.45, 2.75) is 187 Å². The summed E-state index contributed by atoms with van der Waals surface area (Å²) >= 11 is 0. The first-order valence-electron chi connectivity index (χ1n) is 21.8. The Bertz CT molecular complexity index is 1170. The van der Waals surface area contributed by atoms with Crippen LogP contribution < -0.4 is 10.6 Å². The van der Waals surface area contributed by atoms with E-state index in [0.717, 1.165) is 51.4 Å². The molecule has 2 amide bonds. The summed E-state index contributed by atoms with van der Waals surface area (Å²) in [5.41, 5.74) is 0. The molecule has 0 fully saturated rings. The number of unbranched alkanes of at least 4 members (excludes halogenated alkanes) is 14. The van der Waals surface area contributed by atoms with Crippen molar-refractivity contribution < 1.29 is 34.1 Å². The number of ether oxygens (including phenoxy) is 1. The molecule has 0 aromatic carbocycles. The van der Waals surface area contributed by atoms with E-state index in [1.165, 1.54) is 77.0 Å². The van der Waals surface area contributed by atoms with Crippen molar-refractivity contribution in [1.82, 2.24) is 10.6 Å². The summed E-state index contributed by atoms with van der Waals surface area (Å²) in [7, 11) is 0. The van der Waals surface area contributed by atoms with E-state index < -0.39 is 24.5 Å². The number of aliphatic hydroxyl groups is 1. The molecule has 2 unspecified atom stereocenters. The number of aliphatic carboxylic acids is 1. The van der Waals surface area contributed by atoms with E-state index in [1.54, 1.807) is 0 Å². The van der Waals surface area contributed by atoms with E-state index >= 15 is 0 Å². The number of carbonyl (C=O) groups is 4. The second kappa shape index (κ2) is 40.9. The third kappa shape index (κ3) is 37.2. The number of allylic oxidation sites excluding steroid dienone is 11. The molecule has 0 aliphatic heterocycles. The number of amides is 2. The van der Waals surface area contributed by atoms with Gasteiger partial charge in [-0.1, -0.05) is 145 Å². The van der Waals surface area contributed by atoms with Gasteiger partial charge in [0.15, 0.2) is 0 Å². The van der Waals surface area contributed by atoms with Crippen LogP contribution in [0.4, 0.5) is 0 Å². The maximum absolute atomic E-state index is 12.7. The van der Waals surface area contributed by atoms with Crippen LogP contribution in [-0.2, 0) is 23.9 Å². The molecular formula is C47H78N2O7. The average Bonchev–Trinajstić information content (AvgIpc) is 3.18. The molecule has 9 nitrogen and oxygen atoms in total. The first-order valence-corrected chi connectivity index (χ1v) is 21.8. The fourth-order valence-corrected chi connectivity index (χ4v) is 5.83. The van der Waals surface area contributed by atoms with Gasteiger partial charge in [-0.3, -0.25) is 14.4 Å². The number of nitrogens with one attached hydrogen (secondary N) is 2. The first-order chi connectivity index (χ1) is 27.3. The highest BCUT2D eigenvalue weighted by Crippen LogP contribution is 2.14. The maximum Gasteiger partial charge on any atom is 0.328 e. The second-order valence-electron chi connectivity index (χ2n) is 14.4. The van der Waals surface area contributed by atoms with Crippen molar-refractivity contribution in [3.63, 3.8) is 0 Å². The van der Waals surface area contributed by atoms with Gasteiger partial charge >= 0.3 is 11.9 Å². The zero-order valence-electron chi connectivity index (χ0n) is 35.1. The van der Waals surface area contributed by atoms with Crippen LogP contribution in [0.3, 0.4) is 0 Å². The zero-order valence-corrected chi connectivity index (χ0v) is 35.1. The predicted octanol–water partition coefficient (Wildman–Crippen LogP) is 10.7. The highest BCUT2D eigenvalue weighted by atomic mass is 16.5. The van der Waals surface area contributed by atoms with E-state index in [2.05, 4.69) is 85.2 Å². The Morgan fingerprint density at radius 1 is 0.571 bits per heavy atom. The monoisotopic (exact) mass is 783 g/mol. The van der Waals surface area contributed by atoms with Gasteiger partial charge in [-0.15, -0.1) is 0 Å². The summed E-state index contributed by atoms with van der Waals surface area (Å²) in [6, 6.07) is -1.41. The van der Waals surface area contributed by atoms with Gasteiger partial charge in [0, 0.05) is 12.8 Å². The number of hydrogen-bond acceptors (Lipinski definition) is 6. The van der Waals surface area contributed by atoms with E-state index in [0.29, 0.717) is 25.7 Å². The van der Waals surface area contributed by atoms with Gasteiger partial charge in [0.2, 0.25) is 11.8 Å². The Morgan fingerprint density at radius 3 is 1.61 bits per heavy atom. The number of carboxylic acid groups (broad SMARTS) is 1. The molecule has 0 saturated carbocycles. The van der Waals surface area contributed by atoms with Crippen LogP contribution in [0, 0.1) is 0 Å². The number of esters is 1. The SMILES string of the molecule is CC/C=C\C/C=C\C/C=C\C/C=C\C/C=C\C(CCCCC(=O)NCC(=O)NC(CO)C(=O)O)OC(=O)CCCCCCCCC/C=C\CCCCCCCC. The smallest absolute Gasteiger partial charge is 0.328 e. The van der Waals surface area contributed by atoms with Crippen molar-refractivity contribution in [1.29, 1.82) is 0 Å². The summed E-state index contributed by atoms with van der Waals surface area (Å²) in [5.74, 6) is -2.58. The van der Waals surface area contributed by atoms with E-state index in [9.17, 15) is 19.2 Å². The van der Waals surface area contributed by atoms with E-state index in [4.69, 9.17) is 14.9 Å². The third-order valence-electron chi connectivity index (χ3n) is 9.17. The standard InChI is InChI=1S/C47H78N2O7/c1-3-5-7-9-11-13-15-17-19-20-21-23-25-27-29-31-33-39-46(53)56-42(36-32-30-28-26-24-22-18-16-14-12-10-8-6-4-2)37-34-35-38-44(51)48-40-45(52)49-43(41-50)47(54)55/h6,8,12,14,17-19,22,26,28,32,36,42-43,50H,3-5,7,9-11,13,15-16,20-21,23-25,27,29-31,33-35,37-41H2,1-2H3,(H,48,51)(H,49,52)(H,54,55)/b8-6-,14-12-,19-17-,22-18-,28-26-,36-32-. The van der Waals surface area contributed by atoms with Gasteiger partial charge in [0.1, 0.15) is 12.1 Å². The van der Waals surface area contributed by atoms with Crippen molar-refractivity contribution in [2.75, 3.05) is 13.2 Å². The van der Waals surface area contributed by atoms with Gasteiger partial charge in [-0.05, 0) is 89.5 Å². The summed E-state index contributed by atoms with van der Waals surface area (Å²) in [4.78, 5) is 47.8. The fourth-order valence-electron chi connectivity index (χ4n) is 5.83. The minimum Gasteiger partial charge on any atom is -0.480 e. The Morgan fingerprint density at radius 2 is 1.07 bits per heavy atom. The molecule has 0 aromatic rings. The van der Waals surface area contributed by atoms with E-state index in [-0.39, 0.29) is 30.9 Å². The molecule has 0 aliphatic rings. The lowest BCUT2D eigenvalue weighted by atomic mass is 10.1. The van der Waals surface area contributed by atoms with Crippen molar-refractivity contribution in [3.8, 4) is 0 Å². The number of hydrogen-bond donors (Lipinski definition) is 4. The highest BCUT2D eigenvalue weighted by molar-refractivity contribution is 5.87. The minimum absolute atomic E-state index is 0.178. The Balaban J connectivity index is 4.53. The normalized spacial score (nSPS) is 13.2. The quantitative estimate of drug-likeness (QED) is 0.0277. The molecule has 0 rings (SSSR count). The predicted molar refractivity (Wildman–Crippen MR) is 231 cm³/mol. The molecule has 0 aromatic heterocycles. The van der Waals surface area contributed by atoms with Crippen LogP contribution in [-0.4, -0.2) is 59.3 Å². The number of carboxylic acids is 1. The summed E-state index contributed by atoms with van der Waals surface area (Å²) in [5, 5.41) is 22.6. The van der Waals surface area contributed by atoms with Gasteiger partial charge in [-0.2, -0.15) is 0 Å². The number of aliphatic hydroxyl groups excluding tert-OH is 1. The Labute approximate surface area is 340 Å². The van der Waals surface area contributed by atoms with Gasteiger partial charge in [0.25, 0.3) is 0 Å². The topological polar surface area (TPSA) is 142 Å². The van der Waals surface area contributed by atoms with Crippen molar-refractivity contribution in [3.05, 3.63) is 72.9 Å². The molecule has 0 radical (unpaired) electrons. The lowest BCUT2D eigenvalue weighted by molar-refractivity contribution is -0.147. The summed E-state index contributed by atoms with van der Waals surface area (Å²) < 4.78 is 5.85. The van der Waals surface area contributed by atoms with E-state index in [1.807, 2.05) is 12.2 Å². The zero-order chi connectivity index (χ0) is 41.2. The summed E-state index contributed by atoms with van der Waals surface area (Å²) in [6.07, 6.45) is 50.8. The number of carbonyl (C=O) groups excluding carboxylic acids is 3. The molecular weight excluding hydrogens is 705 g/mol. The molecule has 0 heterocycles. The van der Waals surface area contributed by atoms with Crippen LogP contribution in [0.25, 0.3) is 0 Å². The lowest BCUT2D eigenvalue weighted by Crippen LogP contribution is -2.47. The van der Waals surface area contributed by atoms with Crippen LogP contribution in [0.2, 0.25) is 0 Å². The molecule has 0 bridgehead atoms. The lowest BCUT2D eigenvalue weighted by Gasteiger charge is -2.15. The van der Waals surface area contributed by atoms with Gasteiger partial charge in [-0.25, -0.2) is 4.79 Å². The average molecular weight is 783 g/mol. The molecule has 56 heavy (non-hydrogen) atoms. The van der Waals surface area contributed by atoms with Gasteiger partial charge in [0.05, 0.1) is 13.2 Å². The highest BCUT2D eigenvalue weighted by Gasteiger charge is 2.19. The van der Waals surface area contributed by atoms with Gasteiger partial charge < -0.3 is 25.6 Å². The Kier molecular flexibility index (Phi) is 38.2. The minimum atomic E-state index is -1.41. The second-order valence-corrected chi connectivity index (χ2v) is 14.4. The molecule has 318 valence electrons. The number of rotatable bonds is 38. The van der Waals surface area contributed by atoms with Crippen LogP contribution >= 0.6 is 0 Å². The van der Waals surface area contributed by atoms with Crippen LogP contribution in [0.15, 0.2) is 72.9 Å². The molecule has 9 heteroatoms. The molecule has 2 atom stereocenters. The van der Waals surface area contributed by atoms with Crippen LogP contribution in [0.5, 0.6) is 0 Å². The van der Waals surface area contributed by atoms with Crippen LogP contribution in [0.1, 0.15) is 174 Å². The Hall–Kier alpha value is -3.72. The van der Waals surface area contributed by atoms with Crippen molar-refractivity contribution >= 4 is 23.8 Å². The largest absolute Gasteiger partial charge is 0.480 e.